The van der Waals surface area contributed by atoms with E-state index in [1.165, 1.54) is 0 Å². The predicted molar refractivity (Wildman–Crippen MR) is 65.2 cm³/mol. The Kier molecular flexibility index (Phi) is 3.61. The van der Waals surface area contributed by atoms with Gasteiger partial charge in [-0.1, -0.05) is 0 Å². The van der Waals surface area contributed by atoms with E-state index >= 15 is 0 Å². The molecular weight excluding hydrogens is 270 g/mol. The summed E-state index contributed by atoms with van der Waals surface area (Å²) in [5, 5.41) is 20.5. The lowest BCUT2D eigenvalue weighted by Gasteiger charge is -2.14. The first-order valence-electron chi connectivity index (χ1n) is 5.65. The minimum absolute atomic E-state index is 0.0652. The van der Waals surface area contributed by atoms with Gasteiger partial charge in [-0.3, -0.25) is 19.8 Å². The number of ether oxygens (including phenoxy) is 1. The second kappa shape index (κ2) is 5.21. The average molecular weight is 281 g/mol. The number of nitro groups is 1. The number of pyridine rings is 1. The maximum Gasteiger partial charge on any atom is 0.339 e. The molecule has 0 aromatic carbocycles. The third-order valence-electron chi connectivity index (χ3n) is 2.83. The quantitative estimate of drug-likeness (QED) is 0.465. The van der Waals surface area contributed by atoms with E-state index in [2.05, 4.69) is 9.72 Å². The van der Waals surface area contributed by atoms with Gasteiger partial charge < -0.3 is 9.84 Å². The SMILES string of the molecule is COC(=O)c1cnc(N2CC(O)CC2=O)c([N+](=O)[O-])c1. The van der Waals surface area contributed by atoms with E-state index < -0.39 is 28.6 Å². The smallest absolute Gasteiger partial charge is 0.339 e. The van der Waals surface area contributed by atoms with Crippen molar-refractivity contribution >= 4 is 23.4 Å². The highest BCUT2D eigenvalue weighted by Crippen LogP contribution is 2.30. The van der Waals surface area contributed by atoms with Crippen molar-refractivity contribution < 1.29 is 24.4 Å². The summed E-state index contributed by atoms with van der Waals surface area (Å²) in [5.41, 5.74) is -0.578. The molecule has 1 unspecified atom stereocenters. The molecule has 2 heterocycles. The Labute approximate surface area is 112 Å². The van der Waals surface area contributed by atoms with Gasteiger partial charge >= 0.3 is 11.7 Å². The first kappa shape index (κ1) is 13.9. The molecule has 0 bridgehead atoms. The number of esters is 1. The average Bonchev–Trinajstić information content (AvgIpc) is 2.76. The van der Waals surface area contributed by atoms with Crippen molar-refractivity contribution in [3.05, 3.63) is 27.9 Å². The second-order valence-corrected chi connectivity index (χ2v) is 4.18. The van der Waals surface area contributed by atoms with Gasteiger partial charge in [0.15, 0.2) is 0 Å². The highest BCUT2D eigenvalue weighted by molar-refractivity contribution is 5.98. The Balaban J connectivity index is 2.46. The van der Waals surface area contributed by atoms with Crippen molar-refractivity contribution in [3.63, 3.8) is 0 Å². The molecule has 1 aliphatic rings. The third-order valence-corrected chi connectivity index (χ3v) is 2.83. The van der Waals surface area contributed by atoms with Crippen molar-refractivity contribution in [3.8, 4) is 0 Å². The van der Waals surface area contributed by atoms with Crippen LogP contribution in [0.4, 0.5) is 11.5 Å². The number of hydrogen-bond acceptors (Lipinski definition) is 7. The van der Waals surface area contributed by atoms with Gasteiger partial charge in [-0.25, -0.2) is 9.78 Å². The Morgan fingerprint density at radius 1 is 1.65 bits per heavy atom. The summed E-state index contributed by atoms with van der Waals surface area (Å²) in [6.07, 6.45) is 0.0909. The molecule has 9 heteroatoms. The van der Waals surface area contributed by atoms with Gasteiger partial charge in [-0.05, 0) is 0 Å². The van der Waals surface area contributed by atoms with E-state index in [1.54, 1.807) is 0 Å². The largest absolute Gasteiger partial charge is 0.465 e. The van der Waals surface area contributed by atoms with E-state index in [1.807, 2.05) is 0 Å². The molecule has 0 radical (unpaired) electrons. The number of carbonyl (C=O) groups is 2. The van der Waals surface area contributed by atoms with Crippen molar-refractivity contribution in [2.45, 2.75) is 12.5 Å². The van der Waals surface area contributed by atoms with Gasteiger partial charge in [0.25, 0.3) is 0 Å². The standard InChI is InChI=1S/C11H11N3O6/c1-20-11(17)6-2-8(14(18)19)10(12-4-6)13-5-7(15)3-9(13)16/h2,4,7,15H,3,5H2,1H3. The zero-order chi connectivity index (χ0) is 14.9. The molecule has 106 valence electrons. The number of rotatable bonds is 3. The van der Waals surface area contributed by atoms with Crippen LogP contribution in [0.1, 0.15) is 16.8 Å². The van der Waals surface area contributed by atoms with Crippen LogP contribution in [0, 0.1) is 10.1 Å². The van der Waals surface area contributed by atoms with E-state index in [0.717, 1.165) is 24.3 Å². The van der Waals surface area contributed by atoms with Crippen LogP contribution in [0.2, 0.25) is 0 Å². The minimum Gasteiger partial charge on any atom is -0.465 e. The maximum absolute atomic E-state index is 11.6. The van der Waals surface area contributed by atoms with Crippen molar-refractivity contribution in [2.75, 3.05) is 18.6 Å². The Morgan fingerprint density at radius 3 is 2.85 bits per heavy atom. The van der Waals surface area contributed by atoms with Crippen LogP contribution < -0.4 is 4.90 Å². The molecule has 1 aromatic heterocycles. The molecule has 2 rings (SSSR count). The van der Waals surface area contributed by atoms with Crippen LogP contribution in [0.3, 0.4) is 0 Å². The van der Waals surface area contributed by atoms with Gasteiger partial charge in [0.05, 0.1) is 36.7 Å². The van der Waals surface area contributed by atoms with E-state index in [0.29, 0.717) is 0 Å². The first-order valence-corrected chi connectivity index (χ1v) is 5.65. The van der Waals surface area contributed by atoms with Gasteiger partial charge in [0, 0.05) is 12.3 Å². The number of β-amino-alcohol motifs (C(OH)–C–C–N with tert-alkyl or cyclic N) is 1. The van der Waals surface area contributed by atoms with Crippen LogP contribution in [0.15, 0.2) is 12.3 Å². The monoisotopic (exact) mass is 281 g/mol. The number of aliphatic hydroxyl groups excluding tert-OH is 1. The fourth-order valence-electron chi connectivity index (χ4n) is 1.91. The highest BCUT2D eigenvalue weighted by Gasteiger charge is 2.34. The summed E-state index contributed by atoms with van der Waals surface area (Å²) in [6.45, 7) is -0.0652. The number of nitrogens with zero attached hydrogens (tertiary/aromatic N) is 3. The van der Waals surface area contributed by atoms with Crippen LogP contribution in [0.5, 0.6) is 0 Å². The number of methoxy groups -OCH3 is 1. The molecular formula is C11H11N3O6. The number of hydrogen-bond donors (Lipinski definition) is 1. The van der Waals surface area contributed by atoms with Gasteiger partial charge in [-0.2, -0.15) is 0 Å². The molecule has 1 aromatic rings. The second-order valence-electron chi connectivity index (χ2n) is 4.18. The molecule has 1 N–H and O–H groups in total. The van der Waals surface area contributed by atoms with Crippen molar-refractivity contribution in [1.29, 1.82) is 0 Å². The molecule has 0 aliphatic carbocycles. The fraction of sp³-hybridized carbons (Fsp3) is 0.364. The molecule has 9 nitrogen and oxygen atoms in total. The lowest BCUT2D eigenvalue weighted by atomic mass is 10.2. The van der Waals surface area contributed by atoms with E-state index in [-0.39, 0.29) is 24.3 Å². The summed E-state index contributed by atoms with van der Waals surface area (Å²) in [7, 11) is 1.14. The normalized spacial score (nSPS) is 18.2. The maximum atomic E-state index is 11.6. The van der Waals surface area contributed by atoms with E-state index in [9.17, 15) is 24.8 Å². The van der Waals surface area contributed by atoms with E-state index in [4.69, 9.17) is 0 Å². The van der Waals surface area contributed by atoms with Crippen LogP contribution in [0.25, 0.3) is 0 Å². The lowest BCUT2D eigenvalue weighted by molar-refractivity contribution is -0.384. The predicted octanol–water partition coefficient (Wildman–Crippen LogP) is -0.126. The molecule has 0 saturated carbocycles. The molecule has 1 saturated heterocycles. The fourth-order valence-corrected chi connectivity index (χ4v) is 1.91. The highest BCUT2D eigenvalue weighted by atomic mass is 16.6. The van der Waals surface area contributed by atoms with Gasteiger partial charge in [0.2, 0.25) is 11.7 Å². The number of aliphatic hydroxyl groups is 1. The topological polar surface area (TPSA) is 123 Å². The summed E-state index contributed by atoms with van der Waals surface area (Å²) >= 11 is 0. The summed E-state index contributed by atoms with van der Waals surface area (Å²) < 4.78 is 4.45. The number of anilines is 1. The zero-order valence-corrected chi connectivity index (χ0v) is 10.5. The van der Waals surface area contributed by atoms with Crippen molar-refractivity contribution in [1.82, 2.24) is 4.98 Å². The molecule has 1 aliphatic heterocycles. The van der Waals surface area contributed by atoms with Crippen LogP contribution >= 0.6 is 0 Å². The molecule has 0 spiro atoms. The molecule has 1 atom stereocenters. The summed E-state index contributed by atoms with van der Waals surface area (Å²) in [5.74, 6) is -1.41. The molecule has 20 heavy (non-hydrogen) atoms. The lowest BCUT2D eigenvalue weighted by Crippen LogP contribution is -2.27. The number of carbonyl (C=O) groups excluding carboxylic acids is 2. The Bertz CT molecular complexity index is 588. The number of amides is 1. The molecule has 1 fully saturated rings. The Morgan fingerprint density at radius 2 is 2.35 bits per heavy atom. The summed E-state index contributed by atoms with van der Waals surface area (Å²) in [6, 6.07) is 0.992. The number of aromatic nitrogens is 1. The molecule has 1 amide bonds. The van der Waals surface area contributed by atoms with Gasteiger partial charge in [0.1, 0.15) is 0 Å². The zero-order valence-electron chi connectivity index (χ0n) is 10.5. The van der Waals surface area contributed by atoms with Gasteiger partial charge in [-0.15, -0.1) is 0 Å². The van der Waals surface area contributed by atoms with Crippen LogP contribution in [-0.2, 0) is 9.53 Å². The minimum atomic E-state index is -0.885. The first-order chi connectivity index (χ1) is 9.43. The summed E-state index contributed by atoms with van der Waals surface area (Å²) in [4.78, 5) is 38.1. The van der Waals surface area contributed by atoms with Crippen molar-refractivity contribution in [2.24, 2.45) is 0 Å². The Hall–Kier alpha value is -2.55. The third kappa shape index (κ3) is 2.43. The van der Waals surface area contributed by atoms with Crippen LogP contribution in [-0.4, -0.2) is 46.6 Å².